The number of hydrogen-bond donors (Lipinski definition) is 2. The average Bonchev–Trinajstić information content (AvgIpc) is 2.41. The summed E-state index contributed by atoms with van der Waals surface area (Å²) in [4.78, 5) is 15.3. The fourth-order valence-electron chi connectivity index (χ4n) is 1.71. The van der Waals surface area contributed by atoms with Gasteiger partial charge in [-0.05, 0) is 31.2 Å². The third-order valence-corrected chi connectivity index (χ3v) is 2.67. The Hall–Kier alpha value is -2.56. The van der Waals surface area contributed by atoms with Crippen molar-refractivity contribution in [3.8, 4) is 5.75 Å². The quantitative estimate of drug-likeness (QED) is 0.823. The summed E-state index contributed by atoms with van der Waals surface area (Å²) >= 11 is 0. The summed E-state index contributed by atoms with van der Waals surface area (Å²) in [5.41, 5.74) is 6.83. The SMILES string of the molecule is CC(Oc1c(N)cccc1C(=O)O)c1ccccn1. The molecule has 0 aliphatic carbocycles. The molecule has 1 unspecified atom stereocenters. The number of carboxylic acid groups (broad SMARTS) is 1. The highest BCUT2D eigenvalue weighted by molar-refractivity contribution is 5.93. The Balaban J connectivity index is 2.31. The van der Waals surface area contributed by atoms with Crippen molar-refractivity contribution in [2.45, 2.75) is 13.0 Å². The number of aromatic carboxylic acids is 1. The van der Waals surface area contributed by atoms with Crippen molar-refractivity contribution in [3.05, 3.63) is 53.9 Å². The van der Waals surface area contributed by atoms with E-state index in [1.54, 1.807) is 31.3 Å². The number of aromatic nitrogens is 1. The standard InChI is InChI=1S/C14H14N2O3/c1-9(12-7-2-3-8-16-12)19-13-10(14(17)18)5-4-6-11(13)15/h2-9H,15H2,1H3,(H,17,18). The van der Waals surface area contributed by atoms with E-state index in [0.29, 0.717) is 11.4 Å². The molecule has 0 aliphatic rings. The average molecular weight is 258 g/mol. The lowest BCUT2D eigenvalue weighted by atomic mass is 10.1. The first kappa shape index (κ1) is 12.9. The predicted octanol–water partition coefficient (Wildman–Crippen LogP) is 2.50. The second kappa shape index (κ2) is 5.39. The Morgan fingerprint density at radius 2 is 2.11 bits per heavy atom. The molecule has 1 aromatic heterocycles. The van der Waals surface area contributed by atoms with Gasteiger partial charge in [-0.15, -0.1) is 0 Å². The van der Waals surface area contributed by atoms with Crippen LogP contribution < -0.4 is 10.5 Å². The van der Waals surface area contributed by atoms with E-state index >= 15 is 0 Å². The molecule has 1 atom stereocenters. The maximum atomic E-state index is 11.1. The van der Waals surface area contributed by atoms with Crippen molar-refractivity contribution < 1.29 is 14.6 Å². The molecule has 5 heteroatoms. The summed E-state index contributed by atoms with van der Waals surface area (Å²) in [6.45, 7) is 1.79. The third-order valence-electron chi connectivity index (χ3n) is 2.67. The van der Waals surface area contributed by atoms with E-state index in [1.165, 1.54) is 6.07 Å². The summed E-state index contributed by atoms with van der Waals surface area (Å²) in [5.74, 6) is -0.899. The van der Waals surface area contributed by atoms with E-state index in [4.69, 9.17) is 15.6 Å². The zero-order valence-corrected chi connectivity index (χ0v) is 10.4. The molecule has 0 fully saturated rings. The molecule has 5 nitrogen and oxygen atoms in total. The summed E-state index contributed by atoms with van der Waals surface area (Å²) in [6.07, 6.45) is 1.27. The maximum absolute atomic E-state index is 11.1. The summed E-state index contributed by atoms with van der Waals surface area (Å²) in [6, 6.07) is 10.1. The number of nitrogens with zero attached hydrogens (tertiary/aromatic N) is 1. The Morgan fingerprint density at radius 3 is 2.74 bits per heavy atom. The minimum atomic E-state index is -1.07. The number of rotatable bonds is 4. The van der Waals surface area contributed by atoms with Crippen molar-refractivity contribution in [2.24, 2.45) is 0 Å². The van der Waals surface area contributed by atoms with Crippen LogP contribution in [0.15, 0.2) is 42.6 Å². The summed E-state index contributed by atoms with van der Waals surface area (Å²) in [7, 11) is 0. The molecule has 1 aromatic carbocycles. The van der Waals surface area contributed by atoms with Crippen LogP contribution in [0.2, 0.25) is 0 Å². The van der Waals surface area contributed by atoms with Crippen LogP contribution >= 0.6 is 0 Å². The Bertz CT molecular complexity index is 584. The number of carboxylic acids is 1. The van der Waals surface area contributed by atoms with Crippen LogP contribution in [0, 0.1) is 0 Å². The largest absolute Gasteiger partial charge is 0.481 e. The van der Waals surface area contributed by atoms with Crippen molar-refractivity contribution in [1.29, 1.82) is 0 Å². The molecule has 19 heavy (non-hydrogen) atoms. The van der Waals surface area contributed by atoms with Gasteiger partial charge in [0.15, 0.2) is 5.75 Å². The van der Waals surface area contributed by atoms with Crippen LogP contribution in [0.3, 0.4) is 0 Å². The van der Waals surface area contributed by atoms with Gasteiger partial charge in [0, 0.05) is 6.20 Å². The van der Waals surface area contributed by atoms with Gasteiger partial charge in [0.25, 0.3) is 0 Å². The maximum Gasteiger partial charge on any atom is 0.339 e. The van der Waals surface area contributed by atoms with Crippen molar-refractivity contribution >= 4 is 11.7 Å². The topological polar surface area (TPSA) is 85.4 Å². The lowest BCUT2D eigenvalue weighted by molar-refractivity contribution is 0.0689. The Kier molecular flexibility index (Phi) is 3.66. The number of para-hydroxylation sites is 1. The number of nitrogen functional groups attached to an aromatic ring is 1. The minimum Gasteiger partial charge on any atom is -0.481 e. The van der Waals surface area contributed by atoms with Gasteiger partial charge in [0.1, 0.15) is 11.7 Å². The van der Waals surface area contributed by atoms with Gasteiger partial charge in [0.2, 0.25) is 0 Å². The molecule has 3 N–H and O–H groups in total. The second-order valence-electron chi connectivity index (χ2n) is 4.04. The van der Waals surface area contributed by atoms with Gasteiger partial charge in [-0.2, -0.15) is 0 Å². The monoisotopic (exact) mass is 258 g/mol. The zero-order valence-electron chi connectivity index (χ0n) is 10.4. The lowest BCUT2D eigenvalue weighted by Gasteiger charge is -2.17. The van der Waals surface area contributed by atoms with Crippen LogP contribution in [0.1, 0.15) is 29.1 Å². The van der Waals surface area contributed by atoms with Crippen molar-refractivity contribution in [2.75, 3.05) is 5.73 Å². The molecule has 2 aromatic rings. The molecule has 0 saturated carbocycles. The summed E-state index contributed by atoms with van der Waals surface area (Å²) in [5, 5.41) is 9.12. The van der Waals surface area contributed by atoms with Crippen LogP contribution in [0.25, 0.3) is 0 Å². The van der Waals surface area contributed by atoms with Gasteiger partial charge >= 0.3 is 5.97 Å². The number of carbonyl (C=O) groups is 1. The van der Waals surface area contributed by atoms with Gasteiger partial charge in [-0.1, -0.05) is 12.1 Å². The van der Waals surface area contributed by atoms with Gasteiger partial charge in [0.05, 0.1) is 11.4 Å². The fraction of sp³-hybridized carbons (Fsp3) is 0.143. The molecule has 0 spiro atoms. The fourth-order valence-corrected chi connectivity index (χ4v) is 1.71. The van der Waals surface area contributed by atoms with Crippen LogP contribution in [-0.4, -0.2) is 16.1 Å². The lowest BCUT2D eigenvalue weighted by Crippen LogP contribution is -2.10. The number of ether oxygens (including phenoxy) is 1. The van der Waals surface area contributed by atoms with Crippen molar-refractivity contribution in [3.63, 3.8) is 0 Å². The molecule has 0 aliphatic heterocycles. The third kappa shape index (κ3) is 2.82. The van der Waals surface area contributed by atoms with E-state index in [9.17, 15) is 4.79 Å². The number of pyridine rings is 1. The highest BCUT2D eigenvalue weighted by Crippen LogP contribution is 2.30. The second-order valence-corrected chi connectivity index (χ2v) is 4.04. The first-order valence-corrected chi connectivity index (χ1v) is 5.79. The smallest absolute Gasteiger partial charge is 0.339 e. The Labute approximate surface area is 110 Å². The van der Waals surface area contributed by atoms with E-state index < -0.39 is 5.97 Å². The molecule has 0 bridgehead atoms. The molecule has 0 radical (unpaired) electrons. The molecule has 2 rings (SSSR count). The highest BCUT2D eigenvalue weighted by Gasteiger charge is 2.17. The first-order chi connectivity index (χ1) is 9.09. The summed E-state index contributed by atoms with van der Waals surface area (Å²) < 4.78 is 5.66. The molecular weight excluding hydrogens is 244 g/mol. The first-order valence-electron chi connectivity index (χ1n) is 5.79. The molecule has 1 heterocycles. The van der Waals surface area contributed by atoms with Crippen LogP contribution in [0.5, 0.6) is 5.75 Å². The van der Waals surface area contributed by atoms with Crippen LogP contribution in [0.4, 0.5) is 5.69 Å². The van der Waals surface area contributed by atoms with E-state index in [1.807, 2.05) is 12.1 Å². The van der Waals surface area contributed by atoms with E-state index in [0.717, 1.165) is 0 Å². The van der Waals surface area contributed by atoms with Crippen LogP contribution in [-0.2, 0) is 0 Å². The van der Waals surface area contributed by atoms with Gasteiger partial charge in [-0.25, -0.2) is 4.79 Å². The molecule has 0 amide bonds. The normalized spacial score (nSPS) is 11.8. The molecule has 98 valence electrons. The predicted molar refractivity (Wildman–Crippen MR) is 71.1 cm³/mol. The Morgan fingerprint density at radius 1 is 1.32 bits per heavy atom. The number of benzene rings is 1. The molecule has 0 saturated heterocycles. The number of hydrogen-bond acceptors (Lipinski definition) is 4. The highest BCUT2D eigenvalue weighted by atomic mass is 16.5. The number of anilines is 1. The van der Waals surface area contributed by atoms with Gasteiger partial charge < -0.3 is 15.6 Å². The number of nitrogens with two attached hydrogens (primary N) is 1. The van der Waals surface area contributed by atoms with E-state index in [-0.39, 0.29) is 17.4 Å². The zero-order chi connectivity index (χ0) is 13.8. The minimum absolute atomic E-state index is 0.0442. The van der Waals surface area contributed by atoms with E-state index in [2.05, 4.69) is 4.98 Å². The van der Waals surface area contributed by atoms with Gasteiger partial charge in [-0.3, -0.25) is 4.98 Å². The van der Waals surface area contributed by atoms with Crippen molar-refractivity contribution in [1.82, 2.24) is 4.98 Å². The molecular formula is C14H14N2O3.